The molecule has 154 valence electrons. The number of para-hydroxylation sites is 1. The molecule has 1 heterocycles. The predicted octanol–water partition coefficient (Wildman–Crippen LogP) is 8.69. The molecule has 32 heavy (non-hydrogen) atoms. The molecule has 0 radical (unpaired) electrons. The van der Waals surface area contributed by atoms with Crippen molar-refractivity contribution >= 4 is 32.9 Å². The molecule has 0 saturated heterocycles. The van der Waals surface area contributed by atoms with E-state index in [4.69, 9.17) is 0 Å². The van der Waals surface area contributed by atoms with Crippen molar-refractivity contribution < 1.29 is 0 Å². The van der Waals surface area contributed by atoms with Gasteiger partial charge in [0.15, 0.2) is 0 Å². The van der Waals surface area contributed by atoms with Crippen LogP contribution in [-0.4, -0.2) is 4.57 Å². The van der Waals surface area contributed by atoms with E-state index in [1.54, 1.807) is 0 Å². The van der Waals surface area contributed by atoms with Gasteiger partial charge in [-0.15, -0.1) is 0 Å². The molecule has 2 heteroatoms. The summed E-state index contributed by atoms with van der Waals surface area (Å²) in [5.41, 5.74) is 10.2. The number of halogens is 1. The van der Waals surface area contributed by atoms with E-state index in [0.717, 1.165) is 17.3 Å². The third-order valence-corrected chi connectivity index (χ3v) is 7.06. The molecule has 1 aromatic heterocycles. The number of nitrogens with zero attached hydrogens (tertiary/aromatic N) is 1. The monoisotopic (exact) mass is 475 g/mol. The summed E-state index contributed by atoms with van der Waals surface area (Å²) in [5, 5.41) is 1.36. The fourth-order valence-electron chi connectivity index (χ4n) is 4.91. The van der Waals surface area contributed by atoms with E-state index >= 15 is 0 Å². The van der Waals surface area contributed by atoms with E-state index in [1.165, 1.54) is 50.1 Å². The minimum Gasteiger partial charge on any atom is -0.310 e. The summed E-state index contributed by atoms with van der Waals surface area (Å²) in [6, 6.07) is 34.8. The van der Waals surface area contributed by atoms with E-state index in [0.29, 0.717) is 0 Å². The topological polar surface area (TPSA) is 4.93 Å². The lowest BCUT2D eigenvalue weighted by atomic mass is 9.93. The average molecular weight is 476 g/mol. The maximum atomic E-state index is 3.75. The van der Waals surface area contributed by atoms with Crippen molar-refractivity contribution in [3.63, 3.8) is 0 Å². The fraction of sp³-hybridized carbons (Fsp3) is 0.0667. The Hall–Kier alpha value is -3.36. The van der Waals surface area contributed by atoms with Gasteiger partial charge in [-0.2, -0.15) is 0 Å². The van der Waals surface area contributed by atoms with Gasteiger partial charge in [-0.05, 0) is 71.0 Å². The summed E-state index contributed by atoms with van der Waals surface area (Å²) >= 11 is 3.75. The van der Waals surface area contributed by atoms with Gasteiger partial charge < -0.3 is 4.57 Å². The molecule has 1 aliphatic carbocycles. The minimum atomic E-state index is 1.09. The maximum absolute atomic E-state index is 3.75. The van der Waals surface area contributed by atoms with Gasteiger partial charge in [0.25, 0.3) is 0 Å². The van der Waals surface area contributed by atoms with Crippen LogP contribution in [0, 0.1) is 0 Å². The Labute approximate surface area is 196 Å². The van der Waals surface area contributed by atoms with Crippen molar-refractivity contribution in [1.29, 1.82) is 0 Å². The van der Waals surface area contributed by atoms with E-state index in [2.05, 4.69) is 130 Å². The summed E-state index contributed by atoms with van der Waals surface area (Å²) < 4.78 is 3.53. The highest BCUT2D eigenvalue weighted by Crippen LogP contribution is 2.39. The van der Waals surface area contributed by atoms with E-state index in [9.17, 15) is 0 Å². The van der Waals surface area contributed by atoms with E-state index in [1.807, 2.05) is 0 Å². The Morgan fingerprint density at radius 3 is 2.22 bits per heavy atom. The van der Waals surface area contributed by atoms with Crippen LogP contribution in [0.2, 0.25) is 0 Å². The molecule has 0 saturated carbocycles. The van der Waals surface area contributed by atoms with Crippen LogP contribution in [0.15, 0.2) is 108 Å². The molecule has 0 amide bonds. The average Bonchev–Trinajstić information content (AvgIpc) is 3.18. The van der Waals surface area contributed by atoms with Gasteiger partial charge in [-0.3, -0.25) is 0 Å². The molecule has 6 rings (SSSR count). The number of aryl methyl sites for hydroxylation is 1. The Bertz CT molecular complexity index is 1470. The van der Waals surface area contributed by atoms with Crippen LogP contribution in [0.25, 0.3) is 44.9 Å². The lowest BCUT2D eigenvalue weighted by Gasteiger charge is -2.13. The molecule has 4 aromatic carbocycles. The number of aromatic nitrogens is 1. The fourth-order valence-corrected chi connectivity index (χ4v) is 5.41. The van der Waals surface area contributed by atoms with Gasteiger partial charge >= 0.3 is 0 Å². The molecule has 0 aliphatic heterocycles. The van der Waals surface area contributed by atoms with Crippen LogP contribution < -0.4 is 0 Å². The number of allylic oxidation sites excluding steroid dienone is 1. The molecule has 0 atom stereocenters. The summed E-state index contributed by atoms with van der Waals surface area (Å²) in [6.45, 7) is 0. The standard InChI is InChI=1S/C30H22BrN/c31-28-16-8-6-14-25(28)24-13-5-4-12-23(24)21-18-19-27-26-15-7-9-17-29(26)32(30(27)20-21)22-10-2-1-3-11-22/h1-6,8-14,16-20H,7,15H2. The maximum Gasteiger partial charge on any atom is 0.0543 e. The van der Waals surface area contributed by atoms with Crippen molar-refractivity contribution in [3.05, 3.63) is 119 Å². The van der Waals surface area contributed by atoms with E-state index < -0.39 is 0 Å². The van der Waals surface area contributed by atoms with Gasteiger partial charge in [0, 0.05) is 21.2 Å². The number of rotatable bonds is 3. The number of fused-ring (bicyclic) bond motifs is 3. The second-order valence-corrected chi connectivity index (χ2v) is 9.09. The summed E-state index contributed by atoms with van der Waals surface area (Å²) in [4.78, 5) is 0. The minimum absolute atomic E-state index is 1.09. The molecule has 0 bridgehead atoms. The first kappa shape index (κ1) is 19.3. The van der Waals surface area contributed by atoms with Gasteiger partial charge in [0.2, 0.25) is 0 Å². The molecule has 0 fully saturated rings. The summed E-state index contributed by atoms with van der Waals surface area (Å²) in [5.74, 6) is 0. The van der Waals surface area contributed by atoms with Crippen molar-refractivity contribution in [3.8, 4) is 27.9 Å². The van der Waals surface area contributed by atoms with Crippen molar-refractivity contribution in [2.24, 2.45) is 0 Å². The highest BCUT2D eigenvalue weighted by molar-refractivity contribution is 9.10. The number of benzene rings is 4. The zero-order valence-corrected chi connectivity index (χ0v) is 19.2. The van der Waals surface area contributed by atoms with Gasteiger partial charge in [-0.25, -0.2) is 0 Å². The molecule has 1 nitrogen and oxygen atoms in total. The smallest absolute Gasteiger partial charge is 0.0543 e. The van der Waals surface area contributed by atoms with Crippen LogP contribution in [0.5, 0.6) is 0 Å². The second-order valence-electron chi connectivity index (χ2n) is 8.23. The van der Waals surface area contributed by atoms with Crippen LogP contribution >= 0.6 is 15.9 Å². The Kier molecular flexibility index (Phi) is 4.81. The first-order chi connectivity index (χ1) is 15.8. The molecule has 0 unspecified atom stereocenters. The van der Waals surface area contributed by atoms with Gasteiger partial charge in [0.05, 0.1) is 5.52 Å². The lowest BCUT2D eigenvalue weighted by Crippen LogP contribution is -1.99. The number of hydrogen-bond donors (Lipinski definition) is 0. The van der Waals surface area contributed by atoms with Crippen molar-refractivity contribution in [2.75, 3.05) is 0 Å². The quantitative estimate of drug-likeness (QED) is 0.246. The number of hydrogen-bond acceptors (Lipinski definition) is 0. The SMILES string of the molecule is Brc1ccccc1-c1ccccc1-c1ccc2c3c(n(-c4ccccc4)c2c1)C=CCC3. The zero-order chi connectivity index (χ0) is 21.5. The first-order valence-corrected chi connectivity index (χ1v) is 11.8. The second kappa shape index (κ2) is 7.96. The Morgan fingerprint density at radius 2 is 1.41 bits per heavy atom. The predicted molar refractivity (Wildman–Crippen MR) is 139 cm³/mol. The van der Waals surface area contributed by atoms with Crippen LogP contribution in [0.4, 0.5) is 0 Å². The first-order valence-electron chi connectivity index (χ1n) is 11.0. The Morgan fingerprint density at radius 1 is 0.688 bits per heavy atom. The van der Waals surface area contributed by atoms with E-state index in [-0.39, 0.29) is 0 Å². The molecule has 0 N–H and O–H groups in total. The molecular formula is C30H22BrN. The third-order valence-electron chi connectivity index (χ3n) is 6.37. The highest BCUT2D eigenvalue weighted by atomic mass is 79.9. The highest BCUT2D eigenvalue weighted by Gasteiger charge is 2.19. The Balaban J connectivity index is 1.62. The van der Waals surface area contributed by atoms with Crippen LogP contribution in [0.1, 0.15) is 17.7 Å². The molecule has 0 spiro atoms. The summed E-state index contributed by atoms with van der Waals surface area (Å²) in [6.07, 6.45) is 6.78. The van der Waals surface area contributed by atoms with Crippen LogP contribution in [-0.2, 0) is 6.42 Å². The van der Waals surface area contributed by atoms with Crippen molar-refractivity contribution in [1.82, 2.24) is 4.57 Å². The molecular weight excluding hydrogens is 454 g/mol. The lowest BCUT2D eigenvalue weighted by molar-refractivity contribution is 0.967. The van der Waals surface area contributed by atoms with Gasteiger partial charge in [-0.1, -0.05) is 94.8 Å². The molecule has 1 aliphatic rings. The third kappa shape index (κ3) is 3.14. The zero-order valence-electron chi connectivity index (χ0n) is 17.6. The normalized spacial score (nSPS) is 12.8. The van der Waals surface area contributed by atoms with Crippen LogP contribution in [0.3, 0.4) is 0 Å². The molecule has 5 aromatic rings. The largest absolute Gasteiger partial charge is 0.310 e. The summed E-state index contributed by atoms with van der Waals surface area (Å²) in [7, 11) is 0. The van der Waals surface area contributed by atoms with Crippen molar-refractivity contribution in [2.45, 2.75) is 12.8 Å². The van der Waals surface area contributed by atoms with Gasteiger partial charge in [0.1, 0.15) is 0 Å².